The molecule has 0 saturated carbocycles. The number of nitrogens with zero attached hydrogens (tertiary/aromatic N) is 2. The van der Waals surface area contributed by atoms with Crippen molar-refractivity contribution in [2.75, 3.05) is 26.7 Å². The molecule has 0 aliphatic rings. The van der Waals surface area contributed by atoms with E-state index in [0.717, 1.165) is 23.1 Å². The first-order valence-corrected chi connectivity index (χ1v) is 10.0. The summed E-state index contributed by atoms with van der Waals surface area (Å²) in [4.78, 5) is 25.2. The van der Waals surface area contributed by atoms with E-state index >= 15 is 0 Å². The smallest absolute Gasteiger partial charge is 0.326 e. The van der Waals surface area contributed by atoms with E-state index in [1.807, 2.05) is 0 Å². The maximum atomic E-state index is 14.2. The lowest BCUT2D eigenvalue weighted by Crippen LogP contribution is -2.36. The molecular weight excluding hydrogens is 375 g/mol. The van der Waals surface area contributed by atoms with Gasteiger partial charge < -0.3 is 9.64 Å². The minimum Gasteiger partial charge on any atom is -0.459 e. The first-order chi connectivity index (χ1) is 12.3. The molecule has 27 heavy (non-hydrogen) atoms. The highest BCUT2D eigenvalue weighted by Gasteiger charge is 2.26. The van der Waals surface area contributed by atoms with Gasteiger partial charge in [0.15, 0.2) is 0 Å². The molecule has 1 aromatic carbocycles. The van der Waals surface area contributed by atoms with E-state index in [1.165, 1.54) is 11.4 Å². The van der Waals surface area contributed by atoms with Crippen LogP contribution in [0.15, 0.2) is 23.1 Å². The largest absolute Gasteiger partial charge is 0.459 e. The molecule has 0 heterocycles. The number of rotatable bonds is 7. The highest BCUT2D eigenvalue weighted by molar-refractivity contribution is 7.89. The van der Waals surface area contributed by atoms with Gasteiger partial charge in [0.05, 0.1) is 10.5 Å². The van der Waals surface area contributed by atoms with Gasteiger partial charge in [-0.25, -0.2) is 12.8 Å². The van der Waals surface area contributed by atoms with Gasteiger partial charge in [-0.1, -0.05) is 13.8 Å². The second-order valence-electron chi connectivity index (χ2n) is 6.98. The highest BCUT2D eigenvalue weighted by atomic mass is 32.2. The molecule has 0 aliphatic heterocycles. The van der Waals surface area contributed by atoms with Crippen molar-refractivity contribution in [1.82, 2.24) is 9.21 Å². The minimum absolute atomic E-state index is 0.179. The number of likely N-dealkylation sites (N-methyl/N-ethyl adjacent to an activating group) is 1. The van der Waals surface area contributed by atoms with Crippen molar-refractivity contribution in [3.63, 3.8) is 0 Å². The Morgan fingerprint density at radius 3 is 2.19 bits per heavy atom. The van der Waals surface area contributed by atoms with E-state index in [0.29, 0.717) is 0 Å². The summed E-state index contributed by atoms with van der Waals surface area (Å²) in [7, 11) is -2.53. The molecule has 7 nitrogen and oxygen atoms in total. The van der Waals surface area contributed by atoms with Gasteiger partial charge in [0.2, 0.25) is 10.0 Å². The molecule has 0 saturated heterocycles. The molecule has 0 aliphatic carbocycles. The quantitative estimate of drug-likeness (QED) is 0.654. The number of ether oxygens (including phenoxy) is 1. The van der Waals surface area contributed by atoms with Crippen molar-refractivity contribution in [1.29, 1.82) is 0 Å². The monoisotopic (exact) mass is 402 g/mol. The second-order valence-corrected chi connectivity index (χ2v) is 8.92. The van der Waals surface area contributed by atoms with E-state index in [-0.39, 0.29) is 24.5 Å². The normalized spacial score (nSPS) is 12.1. The molecule has 0 atom stereocenters. The topological polar surface area (TPSA) is 84.0 Å². The van der Waals surface area contributed by atoms with Crippen LogP contribution in [0.25, 0.3) is 0 Å². The van der Waals surface area contributed by atoms with Gasteiger partial charge in [0.1, 0.15) is 18.0 Å². The number of carbonyl (C=O) groups is 2. The van der Waals surface area contributed by atoms with Gasteiger partial charge in [-0.15, -0.1) is 0 Å². The molecule has 0 bridgehead atoms. The lowest BCUT2D eigenvalue weighted by Gasteiger charge is -2.23. The fourth-order valence-corrected chi connectivity index (χ4v) is 3.87. The summed E-state index contributed by atoms with van der Waals surface area (Å²) in [6.07, 6.45) is 0. The molecule has 0 radical (unpaired) electrons. The SMILES string of the molecule is CCN(CC)S(=O)(=O)c1ccc(F)c(C(=O)N(C)CC(=O)OC(C)(C)C)c1. The Balaban J connectivity index is 3.13. The summed E-state index contributed by atoms with van der Waals surface area (Å²) in [5.74, 6) is -2.32. The zero-order valence-electron chi connectivity index (χ0n) is 16.6. The van der Waals surface area contributed by atoms with Crippen LogP contribution >= 0.6 is 0 Å². The van der Waals surface area contributed by atoms with Gasteiger partial charge in [0, 0.05) is 20.1 Å². The number of hydrogen-bond acceptors (Lipinski definition) is 5. The summed E-state index contributed by atoms with van der Waals surface area (Å²) >= 11 is 0. The van der Waals surface area contributed by atoms with Gasteiger partial charge in [-0.3, -0.25) is 9.59 Å². The Kier molecular flexibility index (Phi) is 7.50. The Hall–Kier alpha value is -2.00. The number of hydrogen-bond donors (Lipinski definition) is 0. The predicted octanol–water partition coefficient (Wildman–Crippen LogP) is 2.27. The third kappa shape index (κ3) is 6.00. The number of carbonyl (C=O) groups excluding carboxylic acids is 2. The van der Waals surface area contributed by atoms with Crippen LogP contribution in [0.4, 0.5) is 4.39 Å². The summed E-state index contributed by atoms with van der Waals surface area (Å²) in [5, 5.41) is 0. The van der Waals surface area contributed by atoms with Crippen LogP contribution in [-0.2, 0) is 19.6 Å². The molecule has 9 heteroatoms. The van der Waals surface area contributed by atoms with E-state index < -0.39 is 38.9 Å². The molecule has 152 valence electrons. The fourth-order valence-electron chi connectivity index (χ4n) is 2.39. The number of amides is 1. The van der Waals surface area contributed by atoms with Crippen molar-refractivity contribution in [3.05, 3.63) is 29.6 Å². The zero-order chi connectivity index (χ0) is 21.0. The second kappa shape index (κ2) is 8.79. The Labute approximate surface area is 160 Å². The average Bonchev–Trinajstić information content (AvgIpc) is 2.53. The van der Waals surface area contributed by atoms with Crippen LogP contribution in [0.1, 0.15) is 45.0 Å². The molecule has 0 aromatic heterocycles. The van der Waals surface area contributed by atoms with Crippen LogP contribution in [-0.4, -0.2) is 61.8 Å². The van der Waals surface area contributed by atoms with Crippen LogP contribution in [0.5, 0.6) is 0 Å². The molecule has 1 aromatic rings. The molecule has 0 fully saturated rings. The molecule has 1 amide bonds. The Morgan fingerprint density at radius 2 is 1.70 bits per heavy atom. The third-order valence-electron chi connectivity index (χ3n) is 3.64. The van der Waals surface area contributed by atoms with Gasteiger partial charge >= 0.3 is 5.97 Å². The number of esters is 1. The first kappa shape index (κ1) is 23.0. The Bertz CT molecular complexity index is 798. The minimum atomic E-state index is -3.84. The van der Waals surface area contributed by atoms with Crippen molar-refractivity contribution in [2.45, 2.75) is 45.1 Å². The zero-order valence-corrected chi connectivity index (χ0v) is 17.4. The van der Waals surface area contributed by atoms with Crippen molar-refractivity contribution in [2.24, 2.45) is 0 Å². The molecule has 1 rings (SSSR count). The van der Waals surface area contributed by atoms with Crippen LogP contribution in [0, 0.1) is 5.82 Å². The van der Waals surface area contributed by atoms with Crippen molar-refractivity contribution >= 4 is 21.9 Å². The highest BCUT2D eigenvalue weighted by Crippen LogP contribution is 2.20. The first-order valence-electron chi connectivity index (χ1n) is 8.60. The van der Waals surface area contributed by atoms with E-state index in [1.54, 1.807) is 34.6 Å². The fraction of sp³-hybridized carbons (Fsp3) is 0.556. The maximum Gasteiger partial charge on any atom is 0.326 e. The summed E-state index contributed by atoms with van der Waals surface area (Å²) in [6.45, 7) is 8.55. The lowest BCUT2D eigenvalue weighted by atomic mass is 10.2. The van der Waals surface area contributed by atoms with Gasteiger partial charge in [-0.2, -0.15) is 4.31 Å². The van der Waals surface area contributed by atoms with Crippen LogP contribution in [0.2, 0.25) is 0 Å². The van der Waals surface area contributed by atoms with Crippen LogP contribution < -0.4 is 0 Å². The average molecular weight is 402 g/mol. The van der Waals surface area contributed by atoms with Gasteiger partial charge in [0.25, 0.3) is 5.91 Å². The Morgan fingerprint density at radius 1 is 1.15 bits per heavy atom. The van der Waals surface area contributed by atoms with Crippen molar-refractivity contribution < 1.29 is 27.1 Å². The maximum absolute atomic E-state index is 14.2. The number of sulfonamides is 1. The summed E-state index contributed by atoms with van der Waals surface area (Å²) in [6, 6.07) is 3.05. The number of halogens is 1. The van der Waals surface area contributed by atoms with E-state index in [2.05, 4.69) is 0 Å². The van der Waals surface area contributed by atoms with E-state index in [9.17, 15) is 22.4 Å². The number of benzene rings is 1. The lowest BCUT2D eigenvalue weighted by molar-refractivity contribution is -0.155. The summed E-state index contributed by atoms with van der Waals surface area (Å²) < 4.78 is 45.7. The van der Waals surface area contributed by atoms with E-state index in [4.69, 9.17) is 4.74 Å². The molecular formula is C18H27FN2O5S. The molecule has 0 N–H and O–H groups in total. The summed E-state index contributed by atoms with van der Waals surface area (Å²) in [5.41, 5.74) is -1.14. The van der Waals surface area contributed by atoms with Gasteiger partial charge in [-0.05, 0) is 39.0 Å². The molecule has 0 spiro atoms. The van der Waals surface area contributed by atoms with Crippen molar-refractivity contribution in [3.8, 4) is 0 Å². The predicted molar refractivity (Wildman–Crippen MR) is 99.3 cm³/mol. The molecule has 0 unspecified atom stereocenters. The van der Waals surface area contributed by atoms with Crippen LogP contribution in [0.3, 0.4) is 0 Å². The standard InChI is InChI=1S/C18H27FN2O5S/c1-7-21(8-2)27(24,25)13-9-10-15(19)14(11-13)17(23)20(6)12-16(22)26-18(3,4)5/h9-11H,7-8,12H2,1-6H3. The third-order valence-corrected chi connectivity index (χ3v) is 5.69.